The molecule has 10 amide bonds. The van der Waals surface area contributed by atoms with Gasteiger partial charge in [0.1, 0.15) is 36.3 Å². The number of carbonyl (C=O) groups excluding carboxylic acids is 10. The molecular weight excluding hydrogens is 1070 g/mol. The van der Waals surface area contributed by atoms with E-state index in [4.69, 9.17) is 27.1 Å². The van der Waals surface area contributed by atoms with E-state index in [1.165, 1.54) is 11.8 Å². The van der Waals surface area contributed by atoms with Gasteiger partial charge in [-0.3, -0.25) is 47.9 Å². The number of unbranched alkanes of at least 4 members (excludes halogenated alkanes) is 2. The third kappa shape index (κ3) is 32.4. The summed E-state index contributed by atoms with van der Waals surface area (Å²) in [6, 6.07) is -7.85. The molecule has 442 valence electrons. The van der Waals surface area contributed by atoms with Gasteiger partial charge < -0.3 is 80.6 Å². The first-order valence-electron chi connectivity index (χ1n) is 24.6. The van der Waals surface area contributed by atoms with Crippen LogP contribution in [0.1, 0.15) is 86.5 Å². The van der Waals surface area contributed by atoms with Crippen LogP contribution in [0.3, 0.4) is 0 Å². The van der Waals surface area contributed by atoms with Crippen molar-refractivity contribution in [1.29, 1.82) is 0 Å². The van der Waals surface area contributed by atoms with E-state index in [9.17, 15) is 71.0 Å². The molecule has 0 aromatic heterocycles. The zero-order chi connectivity index (χ0) is 59.6. The molecule has 0 rings (SSSR count). The van der Waals surface area contributed by atoms with Crippen LogP contribution >= 0.6 is 24.4 Å². The summed E-state index contributed by atoms with van der Waals surface area (Å²) in [6.07, 6.45) is -0.963. The molecule has 0 saturated heterocycles. The van der Waals surface area contributed by atoms with Gasteiger partial charge >= 0.3 is 18.1 Å². The predicted octanol–water partition coefficient (Wildman–Crippen LogP) is -3.69. The Kier molecular flexibility index (Phi) is 37.4. The normalized spacial score (nSPS) is 13.8. The van der Waals surface area contributed by atoms with Gasteiger partial charge in [0.25, 0.3) is 0 Å². The Bertz CT molecular complexity index is 1960. The fourth-order valence-corrected chi connectivity index (χ4v) is 6.92. The summed E-state index contributed by atoms with van der Waals surface area (Å²) >= 11 is 5.35. The summed E-state index contributed by atoms with van der Waals surface area (Å²) in [5.41, 5.74) is 16.9. The number of thioether (sulfide) groups is 1. The average molecular weight is 1150 g/mol. The second-order valence-electron chi connectivity index (χ2n) is 18.3. The van der Waals surface area contributed by atoms with E-state index in [-0.39, 0.29) is 25.0 Å². The van der Waals surface area contributed by atoms with Crippen molar-refractivity contribution in [2.24, 2.45) is 35.0 Å². The molecule has 0 saturated carbocycles. The first-order valence-corrected chi connectivity index (χ1v) is 26.6. The number of carbonyl (C=O) groups is 12. The van der Waals surface area contributed by atoms with E-state index in [0.717, 1.165) is 0 Å². The van der Waals surface area contributed by atoms with Gasteiger partial charge in [0, 0.05) is 5.75 Å². The molecule has 0 aliphatic carbocycles. The van der Waals surface area contributed by atoms with Crippen LogP contribution in [0.2, 0.25) is 0 Å². The van der Waals surface area contributed by atoms with E-state index in [1.54, 1.807) is 47.8 Å². The Morgan fingerprint density at radius 3 is 1.30 bits per heavy atom. The molecule has 0 fully saturated rings. The lowest BCUT2D eigenvalue weighted by Crippen LogP contribution is -2.58. The van der Waals surface area contributed by atoms with Gasteiger partial charge in [-0.25, -0.2) is 9.59 Å². The van der Waals surface area contributed by atoms with Crippen molar-refractivity contribution in [2.75, 3.05) is 57.0 Å². The number of carboxylic acids is 2. The highest BCUT2D eigenvalue weighted by Gasteiger charge is 2.38. The molecule has 0 aromatic rings. The predicted molar refractivity (Wildman–Crippen MR) is 280 cm³/mol. The van der Waals surface area contributed by atoms with Gasteiger partial charge in [0.05, 0.1) is 32.2 Å². The number of hydrogen-bond acceptors (Lipinski definition) is 17. The third-order valence-electron chi connectivity index (χ3n) is 10.7. The fourth-order valence-electron chi connectivity index (χ4n) is 6.29. The van der Waals surface area contributed by atoms with Crippen molar-refractivity contribution in [3.8, 4) is 0 Å². The molecule has 0 heterocycles. The topological polar surface area (TPSA) is 444 Å². The second kappa shape index (κ2) is 39.4. The van der Waals surface area contributed by atoms with E-state index in [0.29, 0.717) is 44.5 Å². The summed E-state index contributed by atoms with van der Waals surface area (Å²) in [4.78, 5) is 150. The minimum absolute atomic E-state index is 0.0467. The van der Waals surface area contributed by atoms with E-state index in [2.05, 4.69) is 65.8 Å². The number of nitrogens with one attached hydrogen (secondary N) is 10. The van der Waals surface area contributed by atoms with E-state index >= 15 is 0 Å². The van der Waals surface area contributed by atoms with Gasteiger partial charge in [0.2, 0.25) is 59.1 Å². The van der Waals surface area contributed by atoms with Crippen LogP contribution < -0.4 is 70.4 Å². The molecule has 77 heavy (non-hydrogen) atoms. The van der Waals surface area contributed by atoms with Crippen molar-refractivity contribution < 1.29 is 80.9 Å². The van der Waals surface area contributed by atoms with Crippen LogP contribution in [-0.2, 0) is 57.5 Å². The number of rotatable bonds is 36. The number of halogens is 3. The van der Waals surface area contributed by atoms with E-state index in [1.807, 2.05) is 0 Å². The molecule has 27 nitrogen and oxygen atoms in total. The van der Waals surface area contributed by atoms with Crippen LogP contribution in [0.25, 0.3) is 0 Å². The molecule has 0 aliphatic heterocycles. The highest BCUT2D eigenvalue weighted by molar-refractivity contribution is 7.98. The quantitative estimate of drug-likeness (QED) is 0.0212. The van der Waals surface area contributed by atoms with Gasteiger partial charge in [-0.2, -0.15) is 37.6 Å². The van der Waals surface area contributed by atoms with Crippen LogP contribution in [-0.4, -0.2) is 187 Å². The highest BCUT2D eigenvalue weighted by Crippen LogP contribution is 2.13. The van der Waals surface area contributed by atoms with Crippen molar-refractivity contribution in [3.05, 3.63) is 0 Å². The average Bonchev–Trinajstić information content (AvgIpc) is 3.35. The number of aliphatic carboxylic acids is 2. The maximum atomic E-state index is 13.6. The fraction of sp³-hybridized carbons (Fsp3) is 0.733. The molecule has 7 atom stereocenters. The Morgan fingerprint density at radius 1 is 0.494 bits per heavy atom. The molecule has 0 aliphatic rings. The number of alkyl halides is 3. The number of carboxylic acid groups (broad SMARTS) is 2. The Labute approximate surface area is 455 Å². The molecule has 18 N–H and O–H groups in total. The Morgan fingerprint density at radius 2 is 0.870 bits per heavy atom. The van der Waals surface area contributed by atoms with Gasteiger partial charge in [-0.1, -0.05) is 41.5 Å². The summed E-state index contributed by atoms with van der Waals surface area (Å²) in [5.74, 6) is -12.1. The molecule has 0 aromatic carbocycles. The number of hydrogen-bond donors (Lipinski definition) is 16. The summed E-state index contributed by atoms with van der Waals surface area (Å²) in [6.45, 7) is 8.21. The van der Waals surface area contributed by atoms with Crippen molar-refractivity contribution in [3.63, 3.8) is 0 Å². The lowest BCUT2D eigenvalue weighted by molar-refractivity contribution is -0.192. The number of thiol groups is 1. The Hall–Kier alpha value is -5.99. The zero-order valence-electron chi connectivity index (χ0n) is 44.4. The summed E-state index contributed by atoms with van der Waals surface area (Å²) in [7, 11) is 0. The third-order valence-corrected chi connectivity index (χ3v) is 11.7. The number of nitrogens with two attached hydrogens (primary N) is 3. The second-order valence-corrected chi connectivity index (χ2v) is 19.6. The first kappa shape index (κ1) is 73.1. The standard InChI is InChI=1S/C43H79N13O12S2.C2HF3O2/c1-23(2)34(41(65)50-18-30(57)47-19-33(60)54-35(24(3)4)42(66)56-36(25(5)6)43(67)68)55-40(64)29(14-17-70-7)52-32(59)21-49-38(62)27(12-8-10-15-44)53-39(63)28(13-9-11-16-45)51-31(58)20-48-37(61)26(46)22-69;3-2(4,5)1(6)7/h23-29,34-36,69H,8-22,44-46H2,1-7H3,(H,47,57)(H,48,61)(H,49,62)(H,50,65)(H,51,58)(H,52,59)(H,53,63)(H,54,60)(H,55,64)(H,56,66)(H,67,68);(H,6,7)/t26-,27-,28-,29-,34-,35-,36-;/m0./s1. The minimum Gasteiger partial charge on any atom is -0.480 e. The van der Waals surface area contributed by atoms with Crippen molar-refractivity contribution >= 4 is 95.4 Å². The SMILES string of the molecule is CSCC[C@H](NC(=O)CNC(=O)[C@H](CCCCN)NC(=O)[C@H](CCCCN)NC(=O)CNC(=O)[C@@H](N)CS)C(=O)N[C@H](C(=O)NCC(=O)NCC(=O)N[C@H](C(=O)N[C@H](C(=O)O)C(C)C)C(C)C)C(C)C.O=C(O)C(F)(F)F. The Balaban J connectivity index is 0. The summed E-state index contributed by atoms with van der Waals surface area (Å²) in [5, 5.41) is 41.4. The largest absolute Gasteiger partial charge is 0.490 e. The smallest absolute Gasteiger partial charge is 0.480 e. The number of amides is 10. The monoisotopic (exact) mass is 1150 g/mol. The molecule has 0 unspecified atom stereocenters. The van der Waals surface area contributed by atoms with Crippen LogP contribution in [0.5, 0.6) is 0 Å². The van der Waals surface area contributed by atoms with Crippen LogP contribution in [0.4, 0.5) is 13.2 Å². The lowest BCUT2D eigenvalue weighted by Gasteiger charge is -2.26. The summed E-state index contributed by atoms with van der Waals surface area (Å²) < 4.78 is 31.7. The molecule has 32 heteroatoms. The molecule has 0 radical (unpaired) electrons. The molecular formula is C45H80F3N13O14S2. The van der Waals surface area contributed by atoms with Crippen LogP contribution in [0, 0.1) is 17.8 Å². The molecule has 0 spiro atoms. The lowest BCUT2D eigenvalue weighted by atomic mass is 10.0. The maximum Gasteiger partial charge on any atom is 0.490 e. The van der Waals surface area contributed by atoms with Crippen LogP contribution in [0.15, 0.2) is 0 Å². The zero-order valence-corrected chi connectivity index (χ0v) is 46.1. The van der Waals surface area contributed by atoms with Crippen molar-refractivity contribution in [2.45, 2.75) is 135 Å². The maximum absolute atomic E-state index is 13.6. The highest BCUT2D eigenvalue weighted by atomic mass is 32.2. The first-order chi connectivity index (χ1) is 35.9. The van der Waals surface area contributed by atoms with Crippen molar-refractivity contribution in [1.82, 2.24) is 53.2 Å². The van der Waals surface area contributed by atoms with Gasteiger partial charge in [0.15, 0.2) is 0 Å². The van der Waals surface area contributed by atoms with Gasteiger partial charge in [-0.05, 0) is 87.8 Å². The van der Waals surface area contributed by atoms with Gasteiger partial charge in [-0.15, -0.1) is 0 Å². The minimum atomic E-state index is -5.08. The molecule has 0 bridgehead atoms. The van der Waals surface area contributed by atoms with E-state index < -0.39 is 163 Å².